The van der Waals surface area contributed by atoms with E-state index in [0.29, 0.717) is 0 Å². The van der Waals surface area contributed by atoms with Crippen molar-refractivity contribution in [2.45, 2.75) is 17.6 Å². The Morgan fingerprint density at radius 2 is 1.75 bits per heavy atom. The van der Waals surface area contributed by atoms with Crippen LogP contribution in [0.2, 0.25) is 0 Å². The van der Waals surface area contributed by atoms with E-state index in [1.807, 2.05) is 35.4 Å². The number of pyridine rings is 1. The van der Waals surface area contributed by atoms with Crippen molar-refractivity contribution in [2.75, 3.05) is 0 Å². The lowest BCUT2D eigenvalue weighted by atomic mass is 10.2. The Morgan fingerprint density at radius 1 is 1.00 bits per heavy atom. The van der Waals surface area contributed by atoms with Gasteiger partial charge in [-0.05, 0) is 37.3 Å². The molecule has 1 aromatic carbocycles. The first-order valence-electron chi connectivity index (χ1n) is 6.46. The summed E-state index contributed by atoms with van der Waals surface area (Å²) >= 11 is 1.77. The summed E-state index contributed by atoms with van der Waals surface area (Å²) in [6.45, 7) is 2.09. The van der Waals surface area contributed by atoms with Gasteiger partial charge in [-0.2, -0.15) is 5.10 Å². The Labute approximate surface area is 122 Å². The Kier molecular flexibility index (Phi) is 3.83. The van der Waals surface area contributed by atoms with Crippen molar-refractivity contribution in [3.8, 4) is 5.69 Å². The van der Waals surface area contributed by atoms with Crippen LogP contribution < -0.4 is 0 Å². The highest BCUT2D eigenvalue weighted by molar-refractivity contribution is 7.98. The molecule has 0 aliphatic heterocycles. The summed E-state index contributed by atoms with van der Waals surface area (Å²) in [5.41, 5.74) is 3.43. The van der Waals surface area contributed by atoms with Gasteiger partial charge in [0.25, 0.3) is 0 Å². The van der Waals surface area contributed by atoms with Crippen LogP contribution in [-0.2, 0) is 5.75 Å². The van der Waals surface area contributed by atoms with Gasteiger partial charge in [-0.1, -0.05) is 17.7 Å². The van der Waals surface area contributed by atoms with Crippen LogP contribution in [0.1, 0.15) is 11.3 Å². The average molecular weight is 281 g/mol. The maximum Gasteiger partial charge on any atom is 0.0731 e. The van der Waals surface area contributed by atoms with E-state index in [1.54, 1.807) is 11.8 Å². The van der Waals surface area contributed by atoms with Gasteiger partial charge >= 0.3 is 0 Å². The molecule has 20 heavy (non-hydrogen) atoms. The molecule has 0 N–H and O–H groups in total. The number of aryl methyl sites for hydroxylation is 1. The SMILES string of the molecule is Cc1ccc(-n2ccc(CSc3ccncc3)n2)cc1. The lowest BCUT2D eigenvalue weighted by molar-refractivity contribution is 0.859. The number of hydrogen-bond donors (Lipinski definition) is 0. The van der Waals surface area contributed by atoms with Gasteiger partial charge in [0.2, 0.25) is 0 Å². The molecule has 3 aromatic rings. The lowest BCUT2D eigenvalue weighted by Crippen LogP contribution is -1.95. The normalized spacial score (nSPS) is 10.7. The number of rotatable bonds is 4. The Hall–Kier alpha value is -2.07. The molecule has 0 unspecified atom stereocenters. The molecule has 0 saturated heterocycles. The van der Waals surface area contributed by atoms with Crippen LogP contribution in [0.5, 0.6) is 0 Å². The van der Waals surface area contributed by atoms with Gasteiger partial charge in [0.05, 0.1) is 11.4 Å². The zero-order chi connectivity index (χ0) is 13.8. The first-order valence-corrected chi connectivity index (χ1v) is 7.44. The van der Waals surface area contributed by atoms with E-state index in [-0.39, 0.29) is 0 Å². The number of benzene rings is 1. The van der Waals surface area contributed by atoms with Crippen molar-refractivity contribution < 1.29 is 0 Å². The van der Waals surface area contributed by atoms with Crippen molar-refractivity contribution in [3.63, 3.8) is 0 Å². The molecule has 0 radical (unpaired) electrons. The first-order chi connectivity index (χ1) is 9.81. The van der Waals surface area contributed by atoms with Crippen molar-refractivity contribution >= 4 is 11.8 Å². The second-order valence-corrected chi connectivity index (χ2v) is 5.61. The topological polar surface area (TPSA) is 30.7 Å². The first kappa shape index (κ1) is 12.9. The van der Waals surface area contributed by atoms with E-state index in [2.05, 4.69) is 47.3 Å². The van der Waals surface area contributed by atoms with Crippen LogP contribution in [0.4, 0.5) is 0 Å². The molecule has 0 atom stereocenters. The molecule has 0 aliphatic carbocycles. The molecule has 3 rings (SSSR count). The average Bonchev–Trinajstić information content (AvgIpc) is 2.96. The van der Waals surface area contributed by atoms with Crippen molar-refractivity contribution in [1.82, 2.24) is 14.8 Å². The molecule has 0 fully saturated rings. The minimum atomic E-state index is 0.864. The highest BCUT2D eigenvalue weighted by atomic mass is 32.2. The molecule has 0 bridgehead atoms. The third-order valence-corrected chi connectivity index (χ3v) is 4.02. The van der Waals surface area contributed by atoms with Crippen LogP contribution in [0.25, 0.3) is 5.69 Å². The molecule has 4 heteroatoms. The number of nitrogens with zero attached hydrogens (tertiary/aromatic N) is 3. The predicted molar refractivity (Wildman–Crippen MR) is 82.1 cm³/mol. The zero-order valence-electron chi connectivity index (χ0n) is 11.2. The molecule has 2 aromatic heterocycles. The lowest BCUT2D eigenvalue weighted by Gasteiger charge is -2.02. The fraction of sp³-hybridized carbons (Fsp3) is 0.125. The highest BCUT2D eigenvalue weighted by Gasteiger charge is 2.02. The predicted octanol–water partition coefficient (Wildman–Crippen LogP) is 3.87. The molecule has 2 heterocycles. The smallest absolute Gasteiger partial charge is 0.0731 e. The zero-order valence-corrected chi connectivity index (χ0v) is 12.0. The van der Waals surface area contributed by atoms with E-state index in [4.69, 9.17) is 0 Å². The monoisotopic (exact) mass is 281 g/mol. The van der Waals surface area contributed by atoms with Gasteiger partial charge in [-0.25, -0.2) is 4.68 Å². The van der Waals surface area contributed by atoms with Crippen molar-refractivity contribution in [2.24, 2.45) is 0 Å². The molecule has 0 amide bonds. The van der Waals surface area contributed by atoms with Crippen LogP contribution in [0.3, 0.4) is 0 Å². The summed E-state index contributed by atoms with van der Waals surface area (Å²) in [5, 5.41) is 4.61. The molecule has 100 valence electrons. The van der Waals surface area contributed by atoms with E-state index in [1.165, 1.54) is 10.5 Å². The largest absolute Gasteiger partial charge is 0.265 e. The molecule has 0 saturated carbocycles. The minimum Gasteiger partial charge on any atom is -0.265 e. The summed E-state index contributed by atoms with van der Waals surface area (Å²) < 4.78 is 1.92. The van der Waals surface area contributed by atoms with Crippen molar-refractivity contribution in [3.05, 3.63) is 72.3 Å². The van der Waals surface area contributed by atoms with E-state index >= 15 is 0 Å². The number of hydrogen-bond acceptors (Lipinski definition) is 3. The van der Waals surface area contributed by atoms with Crippen molar-refractivity contribution in [1.29, 1.82) is 0 Å². The van der Waals surface area contributed by atoms with E-state index < -0.39 is 0 Å². The third kappa shape index (κ3) is 3.08. The van der Waals surface area contributed by atoms with Crippen LogP contribution in [0, 0.1) is 6.92 Å². The number of aromatic nitrogens is 3. The van der Waals surface area contributed by atoms with E-state index in [0.717, 1.165) is 17.1 Å². The second-order valence-electron chi connectivity index (χ2n) is 4.56. The summed E-state index contributed by atoms with van der Waals surface area (Å²) in [6, 6.07) is 14.5. The maximum atomic E-state index is 4.61. The van der Waals surface area contributed by atoms with Gasteiger partial charge in [-0.3, -0.25) is 4.98 Å². The Bertz CT molecular complexity index is 674. The van der Waals surface area contributed by atoms with Gasteiger partial charge in [-0.15, -0.1) is 11.8 Å². The molecule has 3 nitrogen and oxygen atoms in total. The maximum absolute atomic E-state index is 4.61. The Balaban J connectivity index is 1.69. The van der Waals surface area contributed by atoms with Gasteiger partial charge in [0.15, 0.2) is 0 Å². The summed E-state index contributed by atoms with van der Waals surface area (Å²) in [5.74, 6) is 0.864. The summed E-state index contributed by atoms with van der Waals surface area (Å²) in [4.78, 5) is 5.23. The molecular formula is C16H15N3S. The van der Waals surface area contributed by atoms with Crippen LogP contribution >= 0.6 is 11.8 Å². The summed E-state index contributed by atoms with van der Waals surface area (Å²) in [7, 11) is 0. The fourth-order valence-corrected chi connectivity index (χ4v) is 2.65. The molecule has 0 aliphatic rings. The fourth-order valence-electron chi connectivity index (χ4n) is 1.87. The summed E-state index contributed by atoms with van der Waals surface area (Å²) in [6.07, 6.45) is 5.63. The quantitative estimate of drug-likeness (QED) is 0.680. The van der Waals surface area contributed by atoms with Gasteiger partial charge < -0.3 is 0 Å². The second kappa shape index (κ2) is 5.92. The van der Waals surface area contributed by atoms with Crippen LogP contribution in [0.15, 0.2) is 66.0 Å². The third-order valence-electron chi connectivity index (χ3n) is 2.98. The van der Waals surface area contributed by atoms with Gasteiger partial charge in [0.1, 0.15) is 0 Å². The van der Waals surface area contributed by atoms with Crippen LogP contribution in [-0.4, -0.2) is 14.8 Å². The number of thioether (sulfide) groups is 1. The van der Waals surface area contributed by atoms with Gasteiger partial charge in [0, 0.05) is 29.2 Å². The highest BCUT2D eigenvalue weighted by Crippen LogP contribution is 2.21. The Morgan fingerprint density at radius 3 is 2.50 bits per heavy atom. The minimum absolute atomic E-state index is 0.864. The molecular weight excluding hydrogens is 266 g/mol. The van der Waals surface area contributed by atoms with E-state index in [9.17, 15) is 0 Å². The standard InChI is InChI=1S/C16H15N3S/c1-13-2-4-15(5-3-13)19-11-8-14(18-19)12-20-16-6-9-17-10-7-16/h2-11H,12H2,1H3. The molecule has 0 spiro atoms.